The summed E-state index contributed by atoms with van der Waals surface area (Å²) in [6, 6.07) is 11.8. The zero-order valence-corrected chi connectivity index (χ0v) is 23.1. The summed E-state index contributed by atoms with van der Waals surface area (Å²) >= 11 is 1.73. The van der Waals surface area contributed by atoms with Crippen molar-refractivity contribution in [3.05, 3.63) is 41.6 Å². The van der Waals surface area contributed by atoms with Crippen molar-refractivity contribution in [1.29, 1.82) is 5.26 Å². The number of aromatic nitrogens is 2. The van der Waals surface area contributed by atoms with E-state index in [1.165, 1.54) is 42.6 Å². The number of benzene rings is 1. The number of aliphatic hydroxyl groups is 1. The van der Waals surface area contributed by atoms with Gasteiger partial charge in [-0.25, -0.2) is 4.98 Å². The van der Waals surface area contributed by atoms with Crippen LogP contribution in [0.2, 0.25) is 0 Å². The molecule has 38 heavy (non-hydrogen) atoms. The van der Waals surface area contributed by atoms with Gasteiger partial charge < -0.3 is 21.1 Å². The summed E-state index contributed by atoms with van der Waals surface area (Å²) in [4.78, 5) is 10.4. The van der Waals surface area contributed by atoms with E-state index in [4.69, 9.17) is 4.98 Å². The van der Waals surface area contributed by atoms with Crippen LogP contribution in [0.3, 0.4) is 0 Å². The van der Waals surface area contributed by atoms with Gasteiger partial charge in [0, 0.05) is 30.1 Å². The summed E-state index contributed by atoms with van der Waals surface area (Å²) < 4.78 is 0. The Kier molecular flexibility index (Phi) is 7.52. The SMILES string of the molecule is CSc1ccccc1CNc1ncc(C#N)c(NCC23CC4C[C@H](C2)[C@H](NC2CCC(O)CC2)[C@@H](C4)C3)n1. The van der Waals surface area contributed by atoms with Crippen LogP contribution in [0.25, 0.3) is 0 Å². The summed E-state index contributed by atoms with van der Waals surface area (Å²) in [6.45, 7) is 1.52. The fourth-order valence-electron chi connectivity index (χ4n) is 8.17. The molecule has 5 aliphatic rings. The second kappa shape index (κ2) is 11.0. The van der Waals surface area contributed by atoms with Crippen molar-refractivity contribution in [3.63, 3.8) is 0 Å². The van der Waals surface area contributed by atoms with Crippen LogP contribution in [0.4, 0.5) is 11.8 Å². The molecule has 4 N–H and O–H groups in total. The molecule has 0 amide bonds. The largest absolute Gasteiger partial charge is 0.393 e. The minimum absolute atomic E-state index is 0.0946. The van der Waals surface area contributed by atoms with Crippen LogP contribution in [0, 0.1) is 34.5 Å². The molecule has 8 heteroatoms. The molecule has 5 aliphatic carbocycles. The summed E-state index contributed by atoms with van der Waals surface area (Å²) in [7, 11) is 0. The predicted molar refractivity (Wildman–Crippen MR) is 152 cm³/mol. The first-order valence-corrected chi connectivity index (χ1v) is 15.6. The number of thioether (sulfide) groups is 1. The molecule has 5 saturated carbocycles. The van der Waals surface area contributed by atoms with Gasteiger partial charge in [0.1, 0.15) is 17.5 Å². The van der Waals surface area contributed by atoms with Crippen molar-refractivity contribution in [2.24, 2.45) is 23.2 Å². The van der Waals surface area contributed by atoms with Gasteiger partial charge in [-0.1, -0.05) is 18.2 Å². The zero-order chi connectivity index (χ0) is 26.1. The van der Waals surface area contributed by atoms with Crippen molar-refractivity contribution in [2.75, 3.05) is 23.4 Å². The first-order chi connectivity index (χ1) is 18.5. The van der Waals surface area contributed by atoms with Crippen LogP contribution in [0.5, 0.6) is 0 Å². The van der Waals surface area contributed by atoms with Crippen molar-refractivity contribution >= 4 is 23.5 Å². The monoisotopic (exact) mass is 532 g/mol. The lowest BCUT2D eigenvalue weighted by molar-refractivity contribution is -0.0737. The highest BCUT2D eigenvalue weighted by Crippen LogP contribution is 2.60. The quantitative estimate of drug-likeness (QED) is 0.327. The van der Waals surface area contributed by atoms with Crippen LogP contribution >= 0.6 is 11.8 Å². The molecule has 5 fully saturated rings. The lowest BCUT2D eigenvalue weighted by Crippen LogP contribution is -2.61. The normalized spacial score (nSPS) is 33.6. The van der Waals surface area contributed by atoms with Crippen molar-refractivity contribution in [3.8, 4) is 6.07 Å². The number of nitrogens with one attached hydrogen (secondary N) is 3. The van der Waals surface area contributed by atoms with Crippen molar-refractivity contribution in [1.82, 2.24) is 15.3 Å². The molecule has 0 radical (unpaired) electrons. The number of hydrogen-bond acceptors (Lipinski definition) is 8. The maximum absolute atomic E-state index is 9.91. The highest BCUT2D eigenvalue weighted by atomic mass is 32.2. The fraction of sp³-hybridized carbons (Fsp3) is 0.633. The third-order valence-corrected chi connectivity index (χ3v) is 10.5. The first-order valence-electron chi connectivity index (χ1n) is 14.3. The van der Waals surface area contributed by atoms with Crippen LogP contribution in [0.15, 0.2) is 35.4 Å². The third kappa shape index (κ3) is 5.38. The highest BCUT2D eigenvalue weighted by Gasteiger charge is 2.55. The Balaban J connectivity index is 1.10. The molecule has 1 heterocycles. The van der Waals surface area contributed by atoms with E-state index in [-0.39, 0.29) is 6.10 Å². The Morgan fingerprint density at radius 3 is 2.58 bits per heavy atom. The Labute approximate surface area is 230 Å². The second-order valence-corrected chi connectivity index (χ2v) is 13.1. The van der Waals surface area contributed by atoms with Crippen LogP contribution in [0.1, 0.15) is 68.9 Å². The topological polar surface area (TPSA) is 106 Å². The lowest BCUT2D eigenvalue weighted by Gasteiger charge is -2.61. The van der Waals surface area contributed by atoms with Gasteiger partial charge in [0.15, 0.2) is 0 Å². The van der Waals surface area contributed by atoms with E-state index < -0.39 is 0 Å². The summed E-state index contributed by atoms with van der Waals surface area (Å²) in [5.74, 6) is 3.51. The summed E-state index contributed by atoms with van der Waals surface area (Å²) in [5.41, 5.74) is 2.01. The maximum atomic E-state index is 9.91. The molecule has 0 aliphatic heterocycles. The molecule has 0 spiro atoms. The Hall–Kier alpha value is -2.34. The van der Waals surface area contributed by atoms with E-state index in [0.717, 1.165) is 50.0 Å². The van der Waals surface area contributed by atoms with E-state index in [2.05, 4.69) is 57.5 Å². The van der Waals surface area contributed by atoms with Gasteiger partial charge in [-0.2, -0.15) is 10.2 Å². The number of aliphatic hydroxyl groups excluding tert-OH is 1. The molecule has 7 rings (SSSR count). The van der Waals surface area contributed by atoms with Crippen LogP contribution < -0.4 is 16.0 Å². The number of nitriles is 1. The van der Waals surface area contributed by atoms with Crippen LogP contribution in [-0.4, -0.2) is 46.1 Å². The van der Waals surface area contributed by atoms with E-state index in [9.17, 15) is 10.4 Å². The Morgan fingerprint density at radius 1 is 1.08 bits per heavy atom. The maximum Gasteiger partial charge on any atom is 0.224 e. The lowest BCUT2D eigenvalue weighted by atomic mass is 9.47. The van der Waals surface area contributed by atoms with Gasteiger partial charge in [0.2, 0.25) is 5.95 Å². The smallest absolute Gasteiger partial charge is 0.224 e. The van der Waals surface area contributed by atoms with Gasteiger partial charge in [0.05, 0.1) is 12.3 Å². The number of nitrogens with zero attached hydrogens (tertiary/aromatic N) is 3. The van der Waals surface area contributed by atoms with E-state index >= 15 is 0 Å². The third-order valence-electron chi connectivity index (χ3n) is 9.69. The molecule has 5 atom stereocenters. The average molecular weight is 533 g/mol. The van der Waals surface area contributed by atoms with Gasteiger partial charge in [-0.05, 0) is 98.8 Å². The number of anilines is 2. The molecule has 2 aromatic rings. The zero-order valence-electron chi connectivity index (χ0n) is 22.3. The molecule has 0 saturated heterocycles. The fourth-order valence-corrected chi connectivity index (χ4v) is 8.79. The first kappa shape index (κ1) is 25.9. The minimum Gasteiger partial charge on any atom is -0.393 e. The molecule has 4 bridgehead atoms. The average Bonchev–Trinajstić information content (AvgIpc) is 2.93. The molecule has 1 aromatic heterocycles. The van der Waals surface area contributed by atoms with Gasteiger partial charge in [-0.15, -0.1) is 11.8 Å². The van der Waals surface area contributed by atoms with E-state index in [1.54, 1.807) is 18.0 Å². The minimum atomic E-state index is -0.0946. The highest BCUT2D eigenvalue weighted by molar-refractivity contribution is 7.98. The number of hydrogen-bond donors (Lipinski definition) is 4. The second-order valence-electron chi connectivity index (χ2n) is 12.3. The van der Waals surface area contributed by atoms with E-state index in [1.807, 2.05) is 0 Å². The molecule has 1 aromatic carbocycles. The summed E-state index contributed by atoms with van der Waals surface area (Å²) in [5, 5.41) is 30.7. The molecule has 7 nitrogen and oxygen atoms in total. The Bertz CT molecular complexity index is 1160. The summed E-state index contributed by atoms with van der Waals surface area (Å²) in [6.07, 6.45) is 14.2. The standard InChI is InChI=1S/C30H40N6OS/c1-38-26-5-3-2-4-20(26)16-32-29-33-17-23(15-31)28(36-29)34-18-30-12-19-10-21(13-30)27(22(11-19)14-30)35-24-6-8-25(37)9-7-24/h2-5,17,19,21-22,24-25,27,35,37H,6-14,16,18H2,1H3,(H2,32,33,34,36)/t19?,21-,22+,24?,25?,27+,30?. The van der Waals surface area contributed by atoms with Crippen LogP contribution in [-0.2, 0) is 6.54 Å². The molecular formula is C30H40N6OS. The van der Waals surface area contributed by atoms with E-state index in [0.29, 0.717) is 41.4 Å². The molecular weight excluding hydrogens is 492 g/mol. The molecule has 2 unspecified atom stereocenters. The van der Waals surface area contributed by atoms with Crippen molar-refractivity contribution in [2.45, 2.75) is 87.4 Å². The van der Waals surface area contributed by atoms with Gasteiger partial charge >= 0.3 is 0 Å². The van der Waals surface area contributed by atoms with Crippen molar-refractivity contribution < 1.29 is 5.11 Å². The van der Waals surface area contributed by atoms with Gasteiger partial charge in [0.25, 0.3) is 0 Å². The molecule has 202 valence electrons. The van der Waals surface area contributed by atoms with Gasteiger partial charge in [-0.3, -0.25) is 0 Å². The predicted octanol–water partition coefficient (Wildman–Crippen LogP) is 5.18. The Morgan fingerprint density at radius 2 is 1.84 bits per heavy atom. The number of rotatable bonds is 9.